The van der Waals surface area contributed by atoms with Crippen molar-refractivity contribution in [2.75, 3.05) is 6.61 Å². The fraction of sp³-hybridized carbons (Fsp3) is 0.333. The van der Waals surface area contributed by atoms with Gasteiger partial charge in [-0.05, 0) is 12.0 Å². The molecule has 1 aromatic heterocycles. The van der Waals surface area contributed by atoms with E-state index in [-0.39, 0.29) is 0 Å². The van der Waals surface area contributed by atoms with E-state index >= 15 is 0 Å². The smallest absolute Gasteiger partial charge is 0.191 e. The molecule has 0 aliphatic carbocycles. The third-order valence-electron chi connectivity index (χ3n) is 2.08. The summed E-state index contributed by atoms with van der Waals surface area (Å²) in [5.74, 6) is 1.42. The van der Waals surface area contributed by atoms with Crippen LogP contribution in [0.2, 0.25) is 0 Å². The molecule has 14 heavy (non-hydrogen) atoms. The van der Waals surface area contributed by atoms with Gasteiger partial charge in [-0.1, -0.05) is 32.0 Å². The Balaban J connectivity index is 2.19. The van der Waals surface area contributed by atoms with Crippen LogP contribution in [0.1, 0.15) is 13.8 Å². The average Bonchev–Trinajstić information content (AvgIpc) is 2.57. The standard InChI is InChI=1S/C12H15NO/c1-9(2)8-14-12-7-10-5-3-4-6-11(10)13-12/h3-7,9,13H,8H2,1-2H3. The highest BCUT2D eigenvalue weighted by atomic mass is 16.5. The Bertz CT molecular complexity index is 384. The Morgan fingerprint density at radius 2 is 2.07 bits per heavy atom. The van der Waals surface area contributed by atoms with Crippen LogP contribution in [-0.4, -0.2) is 11.6 Å². The Hall–Kier alpha value is -1.44. The number of ether oxygens (including phenoxy) is 1. The van der Waals surface area contributed by atoms with E-state index in [0.29, 0.717) is 5.92 Å². The second kappa shape index (κ2) is 3.74. The maximum atomic E-state index is 5.60. The van der Waals surface area contributed by atoms with Crippen LogP contribution in [0, 0.1) is 5.92 Å². The number of hydrogen-bond donors (Lipinski definition) is 1. The number of para-hydroxylation sites is 1. The molecule has 0 unspecified atom stereocenters. The lowest BCUT2D eigenvalue weighted by Gasteiger charge is -2.05. The molecule has 2 heteroatoms. The van der Waals surface area contributed by atoms with Crippen molar-refractivity contribution in [3.05, 3.63) is 30.3 Å². The summed E-state index contributed by atoms with van der Waals surface area (Å²) >= 11 is 0. The lowest BCUT2D eigenvalue weighted by Crippen LogP contribution is -2.04. The monoisotopic (exact) mass is 189 g/mol. The summed E-state index contributed by atoms with van der Waals surface area (Å²) in [6.07, 6.45) is 0. The zero-order valence-corrected chi connectivity index (χ0v) is 8.58. The number of fused-ring (bicyclic) bond motifs is 1. The Labute approximate surface area is 83.9 Å². The van der Waals surface area contributed by atoms with Crippen LogP contribution in [0.4, 0.5) is 0 Å². The summed E-state index contributed by atoms with van der Waals surface area (Å²) in [6, 6.07) is 10.2. The summed E-state index contributed by atoms with van der Waals surface area (Å²) in [4.78, 5) is 3.23. The summed E-state index contributed by atoms with van der Waals surface area (Å²) < 4.78 is 5.60. The van der Waals surface area contributed by atoms with E-state index in [2.05, 4.69) is 31.0 Å². The summed E-state index contributed by atoms with van der Waals surface area (Å²) in [6.45, 7) is 5.04. The number of aromatic amines is 1. The van der Waals surface area contributed by atoms with Crippen LogP contribution in [0.3, 0.4) is 0 Å². The summed E-state index contributed by atoms with van der Waals surface area (Å²) in [7, 11) is 0. The lowest BCUT2D eigenvalue weighted by atomic mass is 10.2. The molecular formula is C12H15NO. The number of aromatic nitrogens is 1. The van der Waals surface area contributed by atoms with Gasteiger partial charge in [-0.25, -0.2) is 0 Å². The van der Waals surface area contributed by atoms with Gasteiger partial charge in [-0.2, -0.15) is 0 Å². The molecule has 2 nitrogen and oxygen atoms in total. The van der Waals surface area contributed by atoms with Crippen LogP contribution >= 0.6 is 0 Å². The molecule has 0 amide bonds. The van der Waals surface area contributed by atoms with E-state index in [1.807, 2.05) is 18.2 Å². The van der Waals surface area contributed by atoms with Gasteiger partial charge in [0.25, 0.3) is 0 Å². The molecule has 2 rings (SSSR count). The van der Waals surface area contributed by atoms with Gasteiger partial charge in [-0.15, -0.1) is 0 Å². The van der Waals surface area contributed by atoms with E-state index in [9.17, 15) is 0 Å². The number of H-pyrrole nitrogens is 1. The Kier molecular flexibility index (Phi) is 2.44. The van der Waals surface area contributed by atoms with Crippen molar-refractivity contribution in [1.82, 2.24) is 4.98 Å². The Morgan fingerprint density at radius 3 is 2.79 bits per heavy atom. The van der Waals surface area contributed by atoms with Crippen molar-refractivity contribution in [3.63, 3.8) is 0 Å². The van der Waals surface area contributed by atoms with Crippen molar-refractivity contribution < 1.29 is 4.74 Å². The number of nitrogens with one attached hydrogen (secondary N) is 1. The molecule has 0 saturated heterocycles. The van der Waals surface area contributed by atoms with Gasteiger partial charge in [-0.3, -0.25) is 0 Å². The van der Waals surface area contributed by atoms with Gasteiger partial charge in [0.1, 0.15) is 0 Å². The molecule has 0 atom stereocenters. The quantitative estimate of drug-likeness (QED) is 0.788. The van der Waals surface area contributed by atoms with Gasteiger partial charge in [0.15, 0.2) is 5.88 Å². The second-order valence-corrected chi connectivity index (χ2v) is 3.93. The fourth-order valence-corrected chi connectivity index (χ4v) is 1.38. The van der Waals surface area contributed by atoms with Gasteiger partial charge in [0.2, 0.25) is 0 Å². The molecule has 74 valence electrons. The minimum absolute atomic E-state index is 0.557. The molecule has 1 heterocycles. The van der Waals surface area contributed by atoms with Crippen molar-refractivity contribution in [3.8, 4) is 5.88 Å². The molecule has 1 N–H and O–H groups in total. The molecular weight excluding hydrogens is 174 g/mol. The van der Waals surface area contributed by atoms with Crippen LogP contribution in [-0.2, 0) is 0 Å². The van der Waals surface area contributed by atoms with E-state index in [4.69, 9.17) is 4.74 Å². The highest BCUT2D eigenvalue weighted by molar-refractivity contribution is 5.81. The molecule has 0 saturated carbocycles. The number of hydrogen-bond acceptors (Lipinski definition) is 1. The van der Waals surface area contributed by atoms with Crippen LogP contribution in [0.15, 0.2) is 30.3 Å². The van der Waals surface area contributed by atoms with Gasteiger partial charge in [0, 0.05) is 17.0 Å². The minimum Gasteiger partial charge on any atom is -0.479 e. The molecule has 0 bridgehead atoms. The van der Waals surface area contributed by atoms with Crippen molar-refractivity contribution in [2.24, 2.45) is 5.92 Å². The van der Waals surface area contributed by atoms with E-state index in [0.717, 1.165) is 18.0 Å². The third-order valence-corrected chi connectivity index (χ3v) is 2.08. The van der Waals surface area contributed by atoms with Crippen LogP contribution < -0.4 is 4.74 Å². The molecule has 0 radical (unpaired) electrons. The van der Waals surface area contributed by atoms with Gasteiger partial charge in [0.05, 0.1) is 6.61 Å². The zero-order valence-electron chi connectivity index (χ0n) is 8.58. The predicted molar refractivity (Wildman–Crippen MR) is 58.6 cm³/mol. The average molecular weight is 189 g/mol. The fourth-order valence-electron chi connectivity index (χ4n) is 1.38. The summed E-state index contributed by atoms with van der Waals surface area (Å²) in [5, 5.41) is 1.20. The normalized spacial score (nSPS) is 11.1. The number of rotatable bonds is 3. The van der Waals surface area contributed by atoms with Crippen LogP contribution in [0.5, 0.6) is 5.88 Å². The molecule has 0 fully saturated rings. The molecule has 0 spiro atoms. The SMILES string of the molecule is CC(C)COc1cc2ccccc2[nH]1. The highest BCUT2D eigenvalue weighted by Gasteiger charge is 2.01. The highest BCUT2D eigenvalue weighted by Crippen LogP contribution is 2.20. The minimum atomic E-state index is 0.557. The maximum absolute atomic E-state index is 5.60. The first-order valence-corrected chi connectivity index (χ1v) is 4.96. The summed E-state index contributed by atoms with van der Waals surface area (Å²) in [5.41, 5.74) is 1.13. The van der Waals surface area contributed by atoms with E-state index in [1.54, 1.807) is 0 Å². The van der Waals surface area contributed by atoms with Gasteiger partial charge < -0.3 is 9.72 Å². The third kappa shape index (κ3) is 1.90. The second-order valence-electron chi connectivity index (χ2n) is 3.93. The Morgan fingerprint density at radius 1 is 1.29 bits per heavy atom. The van der Waals surface area contributed by atoms with E-state index in [1.165, 1.54) is 5.39 Å². The van der Waals surface area contributed by atoms with E-state index < -0.39 is 0 Å². The molecule has 0 aliphatic rings. The molecule has 1 aromatic carbocycles. The first kappa shape index (κ1) is 9.13. The first-order valence-electron chi connectivity index (χ1n) is 4.96. The zero-order chi connectivity index (χ0) is 9.97. The molecule has 2 aromatic rings. The van der Waals surface area contributed by atoms with Crippen LogP contribution in [0.25, 0.3) is 10.9 Å². The van der Waals surface area contributed by atoms with Crippen molar-refractivity contribution in [1.29, 1.82) is 0 Å². The van der Waals surface area contributed by atoms with Gasteiger partial charge >= 0.3 is 0 Å². The topological polar surface area (TPSA) is 25.0 Å². The lowest BCUT2D eigenvalue weighted by molar-refractivity contribution is 0.263. The first-order chi connectivity index (χ1) is 6.75. The predicted octanol–water partition coefficient (Wildman–Crippen LogP) is 3.20. The maximum Gasteiger partial charge on any atom is 0.191 e. The largest absolute Gasteiger partial charge is 0.479 e. The van der Waals surface area contributed by atoms with Crippen molar-refractivity contribution >= 4 is 10.9 Å². The number of benzene rings is 1. The molecule has 0 aliphatic heterocycles. The van der Waals surface area contributed by atoms with Crippen molar-refractivity contribution in [2.45, 2.75) is 13.8 Å².